The summed E-state index contributed by atoms with van der Waals surface area (Å²) in [5, 5.41) is 8.65. The number of aromatic carboxylic acids is 1. The van der Waals surface area contributed by atoms with Crippen molar-refractivity contribution >= 4 is 27.8 Å². The van der Waals surface area contributed by atoms with Crippen LogP contribution in [0.4, 0.5) is 0 Å². The molecule has 0 bridgehead atoms. The Balaban J connectivity index is 3.06. The van der Waals surface area contributed by atoms with E-state index >= 15 is 0 Å². The monoisotopic (exact) mass is 318 g/mol. The van der Waals surface area contributed by atoms with E-state index in [0.29, 0.717) is 12.2 Å². The van der Waals surface area contributed by atoms with Gasteiger partial charge in [-0.05, 0) is 24.8 Å². The second kappa shape index (κ2) is 7.05. The van der Waals surface area contributed by atoms with Crippen LogP contribution in [0, 0.1) is 0 Å². The lowest BCUT2D eigenvalue weighted by Gasteiger charge is -2.25. The van der Waals surface area contributed by atoms with Gasteiger partial charge in [0.15, 0.2) is 5.03 Å². The molecule has 1 atom stereocenters. The van der Waals surface area contributed by atoms with Gasteiger partial charge < -0.3 is 5.11 Å². The minimum absolute atomic E-state index is 0.0391. The number of aromatic nitrogens is 1. The highest BCUT2D eigenvalue weighted by Gasteiger charge is 2.27. The lowest BCUT2D eigenvalue weighted by Crippen LogP contribution is -2.38. The van der Waals surface area contributed by atoms with Crippen LogP contribution in [0.5, 0.6) is 0 Å². The average molecular weight is 318 g/mol. The van der Waals surface area contributed by atoms with Crippen molar-refractivity contribution in [2.75, 3.05) is 19.1 Å². The number of sulfonamides is 1. The Morgan fingerprint density at radius 2 is 2.15 bits per heavy atom. The van der Waals surface area contributed by atoms with Gasteiger partial charge in [-0.3, -0.25) is 0 Å². The maximum absolute atomic E-state index is 12.4. The van der Waals surface area contributed by atoms with Crippen LogP contribution in [-0.4, -0.2) is 53.9 Å². The Kier molecular flexibility index (Phi) is 5.97. The Bertz CT molecular complexity index is 557. The first kappa shape index (κ1) is 16.9. The van der Waals surface area contributed by atoms with Crippen LogP contribution in [0.2, 0.25) is 0 Å². The number of carbonyl (C=O) groups is 1. The molecule has 0 aliphatic heterocycles. The molecule has 1 N–H and O–H groups in total. The van der Waals surface area contributed by atoms with Crippen molar-refractivity contribution in [3.05, 3.63) is 23.9 Å². The van der Waals surface area contributed by atoms with Gasteiger partial charge in [0.25, 0.3) is 10.0 Å². The summed E-state index contributed by atoms with van der Waals surface area (Å²) in [5.74, 6) is -0.442. The van der Waals surface area contributed by atoms with E-state index in [9.17, 15) is 13.2 Å². The summed E-state index contributed by atoms with van der Waals surface area (Å²) in [6, 6.07) is 2.35. The quantitative estimate of drug-likeness (QED) is 0.820. The second-order valence-electron chi connectivity index (χ2n) is 4.23. The fourth-order valence-electron chi connectivity index (χ4n) is 1.68. The number of hydrogen-bond acceptors (Lipinski definition) is 5. The van der Waals surface area contributed by atoms with E-state index in [0.717, 1.165) is 6.20 Å². The topological polar surface area (TPSA) is 87.6 Å². The molecule has 1 aromatic heterocycles. The van der Waals surface area contributed by atoms with Crippen molar-refractivity contribution < 1.29 is 18.3 Å². The molecule has 6 nitrogen and oxygen atoms in total. The molecule has 8 heteroatoms. The molecule has 0 amide bonds. The van der Waals surface area contributed by atoms with Crippen LogP contribution in [0.1, 0.15) is 23.7 Å². The number of carboxylic acids is 1. The number of rotatable bonds is 7. The fraction of sp³-hybridized carbons (Fsp3) is 0.500. The van der Waals surface area contributed by atoms with Crippen molar-refractivity contribution in [2.45, 2.75) is 24.4 Å². The van der Waals surface area contributed by atoms with E-state index in [1.54, 1.807) is 11.8 Å². The van der Waals surface area contributed by atoms with Crippen molar-refractivity contribution in [1.29, 1.82) is 0 Å². The Morgan fingerprint density at radius 1 is 1.50 bits per heavy atom. The van der Waals surface area contributed by atoms with Crippen LogP contribution in [-0.2, 0) is 10.0 Å². The summed E-state index contributed by atoms with van der Waals surface area (Å²) in [7, 11) is -2.18. The van der Waals surface area contributed by atoms with E-state index in [-0.39, 0.29) is 16.6 Å². The molecule has 0 aliphatic carbocycles. The predicted molar refractivity (Wildman–Crippen MR) is 78.6 cm³/mol. The molecule has 0 aliphatic rings. The summed E-state index contributed by atoms with van der Waals surface area (Å²) in [4.78, 5) is 14.5. The third-order valence-electron chi connectivity index (χ3n) is 2.97. The largest absolute Gasteiger partial charge is 0.478 e. The molecule has 20 heavy (non-hydrogen) atoms. The number of thioether (sulfide) groups is 1. The van der Waals surface area contributed by atoms with Crippen LogP contribution in [0.3, 0.4) is 0 Å². The molecule has 0 fully saturated rings. The highest BCUT2D eigenvalue weighted by molar-refractivity contribution is 7.98. The summed E-state index contributed by atoms with van der Waals surface area (Å²) >= 11 is 1.58. The first-order chi connectivity index (χ1) is 9.34. The van der Waals surface area contributed by atoms with Gasteiger partial charge >= 0.3 is 5.97 Å². The smallest absolute Gasteiger partial charge is 0.337 e. The minimum Gasteiger partial charge on any atom is -0.478 e. The molecule has 1 unspecified atom stereocenters. The highest BCUT2D eigenvalue weighted by atomic mass is 32.2. The molecule has 1 heterocycles. The van der Waals surface area contributed by atoms with E-state index in [1.807, 2.05) is 13.2 Å². The van der Waals surface area contributed by atoms with Gasteiger partial charge in [-0.2, -0.15) is 16.1 Å². The van der Waals surface area contributed by atoms with Gasteiger partial charge in [0.2, 0.25) is 0 Å². The molecule has 112 valence electrons. The number of carboxylic acid groups (broad SMARTS) is 1. The molecule has 0 spiro atoms. The molecule has 0 aromatic carbocycles. The van der Waals surface area contributed by atoms with Gasteiger partial charge in [0.05, 0.1) is 5.56 Å². The van der Waals surface area contributed by atoms with E-state index in [2.05, 4.69) is 4.98 Å². The number of nitrogens with zero attached hydrogens (tertiary/aromatic N) is 2. The molecular weight excluding hydrogens is 300 g/mol. The standard InChI is InChI=1S/C12H18N2O4S2/c1-4-10(8-19-3)14(2)20(17,18)11-6-5-9(7-13-11)12(15)16/h5-7,10H,4,8H2,1-3H3,(H,15,16). The van der Waals surface area contributed by atoms with Gasteiger partial charge in [-0.1, -0.05) is 6.92 Å². The van der Waals surface area contributed by atoms with Crippen LogP contribution in [0.25, 0.3) is 0 Å². The SMILES string of the molecule is CCC(CSC)N(C)S(=O)(=O)c1ccc(C(=O)O)cn1. The Labute approximate surface area is 123 Å². The third kappa shape index (κ3) is 3.71. The zero-order valence-corrected chi connectivity index (χ0v) is 13.2. The lowest BCUT2D eigenvalue weighted by molar-refractivity contribution is 0.0696. The third-order valence-corrected chi connectivity index (χ3v) is 5.52. The van der Waals surface area contributed by atoms with Crippen molar-refractivity contribution in [3.63, 3.8) is 0 Å². The number of hydrogen-bond donors (Lipinski definition) is 1. The average Bonchev–Trinajstić information content (AvgIpc) is 2.44. The highest BCUT2D eigenvalue weighted by Crippen LogP contribution is 2.18. The Hall–Kier alpha value is -1.12. The maximum atomic E-state index is 12.4. The molecule has 0 saturated heterocycles. The van der Waals surface area contributed by atoms with Gasteiger partial charge in [0.1, 0.15) is 0 Å². The molecule has 0 radical (unpaired) electrons. The fourth-order valence-corrected chi connectivity index (χ4v) is 3.95. The van der Waals surface area contributed by atoms with Crippen molar-refractivity contribution in [2.24, 2.45) is 0 Å². The van der Waals surface area contributed by atoms with Crippen molar-refractivity contribution in [1.82, 2.24) is 9.29 Å². The molecular formula is C12H18N2O4S2. The van der Waals surface area contributed by atoms with Gasteiger partial charge in [0, 0.05) is 25.0 Å². The summed E-state index contributed by atoms with van der Waals surface area (Å²) in [6.45, 7) is 1.92. The van der Waals surface area contributed by atoms with E-state index in [1.165, 1.54) is 23.5 Å². The van der Waals surface area contributed by atoms with Crippen LogP contribution in [0.15, 0.2) is 23.4 Å². The summed E-state index contributed by atoms with van der Waals surface area (Å²) < 4.78 is 26.1. The molecule has 1 aromatic rings. The lowest BCUT2D eigenvalue weighted by atomic mass is 10.3. The first-order valence-electron chi connectivity index (χ1n) is 6.00. The van der Waals surface area contributed by atoms with Crippen LogP contribution >= 0.6 is 11.8 Å². The van der Waals surface area contributed by atoms with Gasteiger partial charge in [-0.25, -0.2) is 18.2 Å². The van der Waals surface area contributed by atoms with Crippen LogP contribution < -0.4 is 0 Å². The number of pyridine rings is 1. The van der Waals surface area contributed by atoms with Crippen molar-refractivity contribution in [3.8, 4) is 0 Å². The normalized spacial score (nSPS) is 13.4. The minimum atomic E-state index is -3.70. The van der Waals surface area contributed by atoms with Gasteiger partial charge in [-0.15, -0.1) is 0 Å². The Morgan fingerprint density at radius 3 is 2.55 bits per heavy atom. The predicted octanol–water partition coefficient (Wildman–Crippen LogP) is 1.54. The molecule has 1 rings (SSSR count). The molecule has 0 saturated carbocycles. The maximum Gasteiger partial charge on any atom is 0.337 e. The zero-order valence-electron chi connectivity index (χ0n) is 11.6. The van der Waals surface area contributed by atoms with E-state index < -0.39 is 16.0 Å². The zero-order chi connectivity index (χ0) is 15.3. The summed E-state index contributed by atoms with van der Waals surface area (Å²) in [6.07, 6.45) is 3.67. The first-order valence-corrected chi connectivity index (χ1v) is 8.84. The summed E-state index contributed by atoms with van der Waals surface area (Å²) in [5.41, 5.74) is -0.0391. The van der Waals surface area contributed by atoms with E-state index in [4.69, 9.17) is 5.11 Å². The second-order valence-corrected chi connectivity index (χ2v) is 7.08.